The number of carbonyl (C=O) groups excluding carboxylic acids is 2. The summed E-state index contributed by atoms with van der Waals surface area (Å²) < 4.78 is 25.6. The van der Waals surface area contributed by atoms with Crippen molar-refractivity contribution in [3.05, 3.63) is 35.4 Å². The molecule has 1 aromatic carbocycles. The van der Waals surface area contributed by atoms with Crippen LogP contribution in [0, 0.1) is 5.41 Å². The Morgan fingerprint density at radius 1 is 0.889 bits per heavy atom. The molecule has 0 spiro atoms. The number of hydrogen-bond donors (Lipinski definition) is 0. The van der Waals surface area contributed by atoms with Gasteiger partial charge in [-0.25, -0.2) is 0 Å². The molecule has 0 atom stereocenters. The molecule has 0 radical (unpaired) electrons. The molecule has 0 aliphatic heterocycles. The summed E-state index contributed by atoms with van der Waals surface area (Å²) in [5, 5.41) is 0. The van der Waals surface area contributed by atoms with Crippen LogP contribution < -0.4 is 14.2 Å². The van der Waals surface area contributed by atoms with Crippen molar-refractivity contribution in [1.82, 2.24) is 0 Å². The van der Waals surface area contributed by atoms with Crippen LogP contribution in [-0.4, -0.2) is 47.5 Å². The Hall–Kier alpha value is -2.96. The average molecular weight is 376 g/mol. The SMILES string of the molecule is COC(=O)C1(C(=O)OC)CC=C(/C=C\c2cc(OC)c(OC)c(OC)c2)C1. The molecule has 2 rings (SSSR count). The highest BCUT2D eigenvalue weighted by molar-refractivity contribution is 6.01. The third-order valence-corrected chi connectivity index (χ3v) is 4.55. The van der Waals surface area contributed by atoms with Crippen LogP contribution in [0.3, 0.4) is 0 Å². The average Bonchev–Trinajstić information content (AvgIpc) is 3.15. The lowest BCUT2D eigenvalue weighted by Gasteiger charge is -2.22. The maximum atomic E-state index is 12.2. The van der Waals surface area contributed by atoms with Crippen LogP contribution in [0.4, 0.5) is 0 Å². The van der Waals surface area contributed by atoms with Crippen molar-refractivity contribution in [2.45, 2.75) is 12.8 Å². The van der Waals surface area contributed by atoms with E-state index in [0.29, 0.717) is 17.2 Å². The van der Waals surface area contributed by atoms with Gasteiger partial charge in [-0.15, -0.1) is 0 Å². The lowest BCUT2D eigenvalue weighted by atomic mass is 9.84. The van der Waals surface area contributed by atoms with Crippen LogP contribution in [0.25, 0.3) is 6.08 Å². The molecule has 0 unspecified atom stereocenters. The third kappa shape index (κ3) is 3.92. The minimum Gasteiger partial charge on any atom is -0.493 e. The van der Waals surface area contributed by atoms with Gasteiger partial charge in [-0.05, 0) is 30.5 Å². The Morgan fingerprint density at radius 3 is 1.89 bits per heavy atom. The molecule has 0 N–H and O–H groups in total. The van der Waals surface area contributed by atoms with Crippen molar-refractivity contribution < 1.29 is 33.3 Å². The van der Waals surface area contributed by atoms with Gasteiger partial charge in [0.05, 0.1) is 35.5 Å². The van der Waals surface area contributed by atoms with Gasteiger partial charge >= 0.3 is 11.9 Å². The number of allylic oxidation sites excluding steroid dienone is 3. The van der Waals surface area contributed by atoms with Crippen molar-refractivity contribution in [3.63, 3.8) is 0 Å². The van der Waals surface area contributed by atoms with Gasteiger partial charge in [0, 0.05) is 0 Å². The second-order valence-corrected chi connectivity index (χ2v) is 6.02. The summed E-state index contributed by atoms with van der Waals surface area (Å²) in [5.41, 5.74) is 0.330. The van der Waals surface area contributed by atoms with Crippen molar-refractivity contribution in [2.75, 3.05) is 35.5 Å². The maximum absolute atomic E-state index is 12.2. The third-order valence-electron chi connectivity index (χ3n) is 4.55. The van der Waals surface area contributed by atoms with Gasteiger partial charge in [-0.2, -0.15) is 0 Å². The Morgan fingerprint density at radius 2 is 1.44 bits per heavy atom. The first kappa shape index (κ1) is 20.4. The molecule has 0 saturated carbocycles. The molecule has 1 aliphatic carbocycles. The van der Waals surface area contributed by atoms with Crippen LogP contribution in [-0.2, 0) is 19.1 Å². The molecule has 1 aliphatic rings. The van der Waals surface area contributed by atoms with E-state index in [1.54, 1.807) is 33.5 Å². The van der Waals surface area contributed by atoms with E-state index >= 15 is 0 Å². The first-order valence-electron chi connectivity index (χ1n) is 8.29. The standard InChI is InChI=1S/C20H24O7/c1-23-15-10-14(11-16(24-2)17(15)25-3)7-6-13-8-9-20(12-13,18(21)26-4)19(22)27-5/h6-8,10-11H,9,12H2,1-5H3/b7-6-. The van der Waals surface area contributed by atoms with E-state index in [9.17, 15) is 9.59 Å². The number of esters is 2. The molecule has 0 aromatic heterocycles. The minimum atomic E-state index is -1.32. The molecule has 0 heterocycles. The molecule has 27 heavy (non-hydrogen) atoms. The van der Waals surface area contributed by atoms with E-state index < -0.39 is 17.4 Å². The zero-order chi connectivity index (χ0) is 20.0. The van der Waals surface area contributed by atoms with Crippen molar-refractivity contribution in [3.8, 4) is 17.2 Å². The molecule has 7 nitrogen and oxygen atoms in total. The number of rotatable bonds is 7. The van der Waals surface area contributed by atoms with Crippen LogP contribution in [0.15, 0.2) is 29.9 Å². The van der Waals surface area contributed by atoms with Gasteiger partial charge in [0.2, 0.25) is 5.75 Å². The molecule has 0 saturated heterocycles. The summed E-state index contributed by atoms with van der Waals surface area (Å²) in [7, 11) is 7.16. The van der Waals surface area contributed by atoms with Crippen LogP contribution in [0.2, 0.25) is 0 Å². The fraction of sp³-hybridized carbons (Fsp3) is 0.400. The largest absolute Gasteiger partial charge is 0.493 e. The molecule has 0 fully saturated rings. The van der Waals surface area contributed by atoms with Gasteiger partial charge in [0.25, 0.3) is 0 Å². The first-order chi connectivity index (χ1) is 12.9. The second kappa shape index (κ2) is 8.62. The summed E-state index contributed by atoms with van der Waals surface area (Å²) >= 11 is 0. The zero-order valence-corrected chi connectivity index (χ0v) is 16.2. The zero-order valence-electron chi connectivity index (χ0n) is 16.2. The lowest BCUT2D eigenvalue weighted by molar-refractivity contribution is -0.168. The van der Waals surface area contributed by atoms with E-state index in [1.165, 1.54) is 14.2 Å². The van der Waals surface area contributed by atoms with Gasteiger partial charge < -0.3 is 23.7 Å². The fourth-order valence-electron chi connectivity index (χ4n) is 3.11. The molecule has 1 aromatic rings. The smallest absolute Gasteiger partial charge is 0.323 e. The van der Waals surface area contributed by atoms with Crippen LogP contribution in [0.1, 0.15) is 18.4 Å². The van der Waals surface area contributed by atoms with E-state index in [1.807, 2.05) is 18.2 Å². The minimum absolute atomic E-state index is 0.216. The van der Waals surface area contributed by atoms with Gasteiger partial charge in [0.1, 0.15) is 0 Å². The highest BCUT2D eigenvalue weighted by Crippen LogP contribution is 2.41. The number of carbonyl (C=O) groups is 2. The Kier molecular flexibility index (Phi) is 6.50. The summed E-state index contributed by atoms with van der Waals surface area (Å²) in [5.74, 6) is 0.391. The van der Waals surface area contributed by atoms with Crippen molar-refractivity contribution in [1.29, 1.82) is 0 Å². The van der Waals surface area contributed by atoms with Crippen molar-refractivity contribution in [2.24, 2.45) is 5.41 Å². The van der Waals surface area contributed by atoms with Gasteiger partial charge in [0.15, 0.2) is 16.9 Å². The normalized spacial score (nSPS) is 15.2. The first-order valence-corrected chi connectivity index (χ1v) is 8.29. The quantitative estimate of drug-likeness (QED) is 0.535. The number of methoxy groups -OCH3 is 5. The number of benzene rings is 1. The predicted molar refractivity (Wildman–Crippen MR) is 98.9 cm³/mol. The van der Waals surface area contributed by atoms with E-state index in [0.717, 1.165) is 11.1 Å². The molecular weight excluding hydrogens is 352 g/mol. The molecule has 0 amide bonds. The summed E-state index contributed by atoms with van der Waals surface area (Å²) in [6.07, 6.45) is 5.98. The van der Waals surface area contributed by atoms with Crippen LogP contribution in [0.5, 0.6) is 17.2 Å². The van der Waals surface area contributed by atoms with Crippen LogP contribution >= 0.6 is 0 Å². The summed E-state index contributed by atoms with van der Waals surface area (Å²) in [4.78, 5) is 24.3. The monoisotopic (exact) mass is 376 g/mol. The lowest BCUT2D eigenvalue weighted by Crippen LogP contribution is -2.39. The van der Waals surface area contributed by atoms with E-state index in [-0.39, 0.29) is 12.8 Å². The van der Waals surface area contributed by atoms with E-state index in [2.05, 4.69) is 0 Å². The van der Waals surface area contributed by atoms with Gasteiger partial charge in [-0.1, -0.05) is 23.8 Å². The van der Waals surface area contributed by atoms with E-state index in [4.69, 9.17) is 23.7 Å². The molecular formula is C20H24O7. The molecule has 0 bridgehead atoms. The molecule has 146 valence electrons. The Balaban J connectivity index is 2.27. The van der Waals surface area contributed by atoms with Crippen molar-refractivity contribution >= 4 is 18.0 Å². The molecule has 7 heteroatoms. The second-order valence-electron chi connectivity index (χ2n) is 6.02. The number of ether oxygens (including phenoxy) is 5. The fourth-order valence-corrected chi connectivity index (χ4v) is 3.11. The highest BCUT2D eigenvalue weighted by Gasteiger charge is 2.50. The predicted octanol–water partition coefficient (Wildman–Crippen LogP) is 2.78. The highest BCUT2D eigenvalue weighted by atomic mass is 16.5. The number of hydrogen-bond acceptors (Lipinski definition) is 7. The van der Waals surface area contributed by atoms with Gasteiger partial charge in [-0.3, -0.25) is 9.59 Å². The topological polar surface area (TPSA) is 80.3 Å². The Bertz CT molecular complexity index is 736. The maximum Gasteiger partial charge on any atom is 0.323 e. The summed E-state index contributed by atoms with van der Waals surface area (Å²) in [6, 6.07) is 3.61. The Labute approximate surface area is 158 Å². The summed E-state index contributed by atoms with van der Waals surface area (Å²) in [6.45, 7) is 0.